The van der Waals surface area contributed by atoms with Crippen LogP contribution in [0.4, 0.5) is 10.1 Å². The number of nitrogens with two attached hydrogens (primary N) is 1. The maximum absolute atomic E-state index is 13.4. The summed E-state index contributed by atoms with van der Waals surface area (Å²) in [6.07, 6.45) is 1.71. The standard InChI is InChI=1S/C12H18FNO2/c1-3-5-15-11-8-12(16-6-4-2)10(14)7-9(11)13/h7-8H,3-6,14H2,1-2H3. The quantitative estimate of drug-likeness (QED) is 0.760. The van der Waals surface area contributed by atoms with E-state index in [1.54, 1.807) is 0 Å². The number of benzene rings is 1. The van der Waals surface area contributed by atoms with Gasteiger partial charge in [-0.2, -0.15) is 0 Å². The second-order valence-corrected chi connectivity index (χ2v) is 3.52. The Balaban J connectivity index is 2.83. The molecule has 4 heteroatoms. The van der Waals surface area contributed by atoms with Gasteiger partial charge in [-0.25, -0.2) is 4.39 Å². The number of anilines is 1. The number of halogens is 1. The third kappa shape index (κ3) is 3.29. The Morgan fingerprint density at radius 2 is 1.62 bits per heavy atom. The molecule has 0 fully saturated rings. The molecule has 0 saturated carbocycles. The van der Waals surface area contributed by atoms with Gasteiger partial charge in [-0.1, -0.05) is 13.8 Å². The molecule has 3 nitrogen and oxygen atoms in total. The Kier molecular flexibility index (Phi) is 4.89. The van der Waals surface area contributed by atoms with Crippen LogP contribution in [0.25, 0.3) is 0 Å². The molecule has 2 N–H and O–H groups in total. The number of rotatable bonds is 6. The van der Waals surface area contributed by atoms with Gasteiger partial charge in [0.2, 0.25) is 0 Å². The van der Waals surface area contributed by atoms with Crippen molar-refractivity contribution in [2.24, 2.45) is 0 Å². The molecule has 0 radical (unpaired) electrons. The molecule has 0 spiro atoms. The van der Waals surface area contributed by atoms with Gasteiger partial charge in [-0.05, 0) is 12.8 Å². The van der Waals surface area contributed by atoms with Crippen LogP contribution in [0, 0.1) is 5.82 Å². The van der Waals surface area contributed by atoms with Gasteiger partial charge in [-0.15, -0.1) is 0 Å². The van der Waals surface area contributed by atoms with Gasteiger partial charge in [0.25, 0.3) is 0 Å². The fourth-order valence-electron chi connectivity index (χ4n) is 1.21. The van der Waals surface area contributed by atoms with Crippen LogP contribution in [-0.2, 0) is 0 Å². The topological polar surface area (TPSA) is 44.5 Å². The number of hydrogen-bond acceptors (Lipinski definition) is 3. The number of nitrogen functional groups attached to an aromatic ring is 1. The summed E-state index contributed by atoms with van der Waals surface area (Å²) in [5, 5.41) is 0. The monoisotopic (exact) mass is 227 g/mol. The van der Waals surface area contributed by atoms with E-state index >= 15 is 0 Å². The molecule has 1 aromatic carbocycles. The SMILES string of the molecule is CCCOc1cc(OCCC)c(F)cc1N. The van der Waals surface area contributed by atoms with Crippen LogP contribution in [0.1, 0.15) is 26.7 Å². The molecule has 0 heterocycles. The normalized spacial score (nSPS) is 10.2. The summed E-state index contributed by atoms with van der Waals surface area (Å²) in [5.74, 6) is 0.228. The Labute approximate surface area is 95.4 Å². The van der Waals surface area contributed by atoms with E-state index in [1.165, 1.54) is 12.1 Å². The summed E-state index contributed by atoms with van der Waals surface area (Å²) in [5.41, 5.74) is 5.94. The zero-order valence-corrected chi connectivity index (χ0v) is 9.75. The van der Waals surface area contributed by atoms with Crippen LogP contribution >= 0.6 is 0 Å². The summed E-state index contributed by atoms with van der Waals surface area (Å²) in [6.45, 7) is 5.00. The maximum Gasteiger partial charge on any atom is 0.167 e. The molecule has 0 aliphatic carbocycles. The van der Waals surface area contributed by atoms with E-state index in [0.717, 1.165) is 12.8 Å². The van der Waals surface area contributed by atoms with Crippen LogP contribution in [0.2, 0.25) is 0 Å². The Morgan fingerprint density at radius 3 is 2.19 bits per heavy atom. The van der Waals surface area contributed by atoms with E-state index in [0.29, 0.717) is 24.7 Å². The van der Waals surface area contributed by atoms with Crippen LogP contribution in [0.15, 0.2) is 12.1 Å². The largest absolute Gasteiger partial charge is 0.491 e. The lowest BCUT2D eigenvalue weighted by Gasteiger charge is -2.11. The molecular weight excluding hydrogens is 209 g/mol. The van der Waals surface area contributed by atoms with Crippen molar-refractivity contribution >= 4 is 5.69 Å². The summed E-state index contributed by atoms with van der Waals surface area (Å²) >= 11 is 0. The van der Waals surface area contributed by atoms with Gasteiger partial charge >= 0.3 is 0 Å². The third-order valence-electron chi connectivity index (χ3n) is 1.99. The van der Waals surface area contributed by atoms with E-state index in [4.69, 9.17) is 15.2 Å². The van der Waals surface area contributed by atoms with Crippen molar-refractivity contribution in [3.8, 4) is 11.5 Å². The minimum absolute atomic E-state index is 0.196. The minimum atomic E-state index is -0.449. The van der Waals surface area contributed by atoms with Gasteiger partial charge in [0, 0.05) is 12.1 Å². The van der Waals surface area contributed by atoms with Gasteiger partial charge < -0.3 is 15.2 Å². The summed E-state index contributed by atoms with van der Waals surface area (Å²) < 4.78 is 24.1. The summed E-state index contributed by atoms with van der Waals surface area (Å²) in [4.78, 5) is 0. The van der Waals surface area contributed by atoms with E-state index in [2.05, 4.69) is 0 Å². The Hall–Kier alpha value is -1.45. The molecule has 0 bridgehead atoms. The number of ether oxygens (including phenoxy) is 2. The molecule has 1 aromatic rings. The van der Waals surface area contributed by atoms with Crippen molar-refractivity contribution in [1.82, 2.24) is 0 Å². The van der Waals surface area contributed by atoms with Crippen LogP contribution in [-0.4, -0.2) is 13.2 Å². The van der Waals surface area contributed by atoms with Crippen LogP contribution in [0.3, 0.4) is 0 Å². The lowest BCUT2D eigenvalue weighted by molar-refractivity contribution is 0.291. The fourth-order valence-corrected chi connectivity index (χ4v) is 1.21. The van der Waals surface area contributed by atoms with Crippen molar-refractivity contribution < 1.29 is 13.9 Å². The molecule has 1 rings (SSSR count). The average molecular weight is 227 g/mol. The zero-order valence-electron chi connectivity index (χ0n) is 9.75. The molecule has 0 saturated heterocycles. The van der Waals surface area contributed by atoms with Crippen LogP contribution < -0.4 is 15.2 Å². The van der Waals surface area contributed by atoms with Crippen molar-refractivity contribution in [3.05, 3.63) is 17.9 Å². The first kappa shape index (κ1) is 12.6. The van der Waals surface area contributed by atoms with Crippen molar-refractivity contribution in [2.75, 3.05) is 18.9 Å². The molecule has 0 aliphatic heterocycles. The fraction of sp³-hybridized carbons (Fsp3) is 0.500. The Morgan fingerprint density at radius 1 is 1.06 bits per heavy atom. The van der Waals surface area contributed by atoms with Gasteiger partial charge in [0.05, 0.1) is 18.9 Å². The van der Waals surface area contributed by atoms with Gasteiger partial charge in [-0.3, -0.25) is 0 Å². The first-order valence-corrected chi connectivity index (χ1v) is 5.53. The van der Waals surface area contributed by atoms with Crippen molar-refractivity contribution in [1.29, 1.82) is 0 Å². The van der Waals surface area contributed by atoms with Gasteiger partial charge in [0.15, 0.2) is 11.6 Å². The van der Waals surface area contributed by atoms with Crippen molar-refractivity contribution in [2.45, 2.75) is 26.7 Å². The van der Waals surface area contributed by atoms with E-state index in [9.17, 15) is 4.39 Å². The van der Waals surface area contributed by atoms with E-state index in [-0.39, 0.29) is 5.75 Å². The third-order valence-corrected chi connectivity index (χ3v) is 1.99. The maximum atomic E-state index is 13.4. The molecule has 0 atom stereocenters. The predicted molar refractivity (Wildman–Crippen MR) is 62.4 cm³/mol. The Bertz CT molecular complexity index is 313. The first-order valence-electron chi connectivity index (χ1n) is 5.53. The lowest BCUT2D eigenvalue weighted by Crippen LogP contribution is -2.03. The molecule has 0 amide bonds. The average Bonchev–Trinajstić information content (AvgIpc) is 2.26. The highest BCUT2D eigenvalue weighted by molar-refractivity contribution is 5.56. The molecule has 0 aliphatic rings. The highest BCUT2D eigenvalue weighted by atomic mass is 19.1. The molecule has 0 aromatic heterocycles. The summed E-state index contributed by atoms with van der Waals surface area (Å²) in [6, 6.07) is 2.74. The van der Waals surface area contributed by atoms with Crippen molar-refractivity contribution in [3.63, 3.8) is 0 Å². The van der Waals surface area contributed by atoms with E-state index in [1.807, 2.05) is 13.8 Å². The smallest absolute Gasteiger partial charge is 0.167 e. The molecule has 16 heavy (non-hydrogen) atoms. The van der Waals surface area contributed by atoms with Crippen LogP contribution in [0.5, 0.6) is 11.5 Å². The number of hydrogen-bond donors (Lipinski definition) is 1. The molecule has 90 valence electrons. The summed E-state index contributed by atoms with van der Waals surface area (Å²) in [7, 11) is 0. The van der Waals surface area contributed by atoms with Gasteiger partial charge in [0.1, 0.15) is 5.75 Å². The lowest BCUT2D eigenvalue weighted by atomic mass is 10.2. The second-order valence-electron chi connectivity index (χ2n) is 3.52. The zero-order chi connectivity index (χ0) is 12.0. The first-order chi connectivity index (χ1) is 7.69. The highest BCUT2D eigenvalue weighted by Crippen LogP contribution is 2.30. The molecular formula is C12H18FNO2. The second kappa shape index (κ2) is 6.20. The molecule has 0 unspecified atom stereocenters. The minimum Gasteiger partial charge on any atom is -0.491 e. The highest BCUT2D eigenvalue weighted by Gasteiger charge is 2.09. The predicted octanol–water partition coefficient (Wildman–Crippen LogP) is 2.99. The van der Waals surface area contributed by atoms with E-state index < -0.39 is 5.82 Å².